The van der Waals surface area contributed by atoms with Crippen LogP contribution in [0.5, 0.6) is 5.75 Å². The molecule has 0 radical (unpaired) electrons. The van der Waals surface area contributed by atoms with Crippen molar-refractivity contribution in [1.29, 1.82) is 0 Å². The molecule has 1 amide bonds. The van der Waals surface area contributed by atoms with Crippen LogP contribution in [-0.4, -0.2) is 61.9 Å². The van der Waals surface area contributed by atoms with Crippen molar-refractivity contribution in [3.63, 3.8) is 0 Å². The molecule has 1 aromatic carbocycles. The van der Waals surface area contributed by atoms with Crippen LogP contribution < -0.4 is 26.0 Å². The number of nitrogens with two attached hydrogens (primary N) is 1. The fraction of sp³-hybridized carbons (Fsp3) is 0.417. The molecule has 2 aromatic heterocycles. The summed E-state index contributed by atoms with van der Waals surface area (Å²) in [5, 5.41) is 7.36. The number of ether oxygens (including phenoxy) is 2. The zero-order chi connectivity index (χ0) is 22.5. The number of hydrogen-bond donors (Lipinski definition) is 3. The summed E-state index contributed by atoms with van der Waals surface area (Å²) in [7, 11) is 0. The molecule has 0 bridgehead atoms. The molecule has 3 aromatic rings. The first-order valence-electron chi connectivity index (χ1n) is 11.4. The Morgan fingerprint density at radius 2 is 2.21 bits per heavy atom. The quantitative estimate of drug-likeness (QED) is 0.544. The van der Waals surface area contributed by atoms with Gasteiger partial charge in [-0.2, -0.15) is 0 Å². The van der Waals surface area contributed by atoms with Gasteiger partial charge in [0.1, 0.15) is 22.1 Å². The van der Waals surface area contributed by atoms with Gasteiger partial charge in [-0.15, -0.1) is 11.3 Å². The summed E-state index contributed by atoms with van der Waals surface area (Å²) in [6.45, 7) is 5.83. The van der Waals surface area contributed by atoms with Crippen LogP contribution in [0.3, 0.4) is 0 Å². The van der Waals surface area contributed by atoms with E-state index in [-0.39, 0.29) is 18.1 Å². The Kier molecular flexibility index (Phi) is 5.12. The summed E-state index contributed by atoms with van der Waals surface area (Å²) in [5.74, 6) is 0.725. The number of morpholine rings is 1. The molecule has 0 saturated carbocycles. The van der Waals surface area contributed by atoms with Crippen molar-refractivity contribution in [1.82, 2.24) is 15.6 Å². The molecule has 8 nitrogen and oxygen atoms in total. The number of amides is 1. The first kappa shape index (κ1) is 20.7. The predicted molar refractivity (Wildman–Crippen MR) is 129 cm³/mol. The number of aromatic nitrogens is 1. The minimum absolute atomic E-state index is 0.109. The van der Waals surface area contributed by atoms with Crippen LogP contribution in [0.1, 0.15) is 20.9 Å². The molecule has 3 aliphatic heterocycles. The minimum atomic E-state index is -0.171. The molecule has 0 unspecified atom stereocenters. The normalized spacial score (nSPS) is 24.3. The van der Waals surface area contributed by atoms with E-state index in [1.165, 1.54) is 17.0 Å². The second-order valence-electron chi connectivity index (χ2n) is 8.96. The number of carbonyl (C=O) groups is 1. The number of aryl methyl sites for hydroxylation is 1. The summed E-state index contributed by atoms with van der Waals surface area (Å²) in [4.78, 5) is 21.2. The maximum atomic E-state index is 13.0. The molecule has 6 rings (SSSR count). The van der Waals surface area contributed by atoms with Crippen molar-refractivity contribution in [2.45, 2.75) is 31.5 Å². The number of carbonyl (C=O) groups excluding carboxylic acids is 1. The van der Waals surface area contributed by atoms with Crippen LogP contribution in [0.2, 0.25) is 0 Å². The van der Waals surface area contributed by atoms with E-state index in [1.54, 1.807) is 0 Å². The van der Waals surface area contributed by atoms with Crippen molar-refractivity contribution in [3.8, 4) is 5.75 Å². The van der Waals surface area contributed by atoms with Gasteiger partial charge in [0.25, 0.3) is 5.91 Å². The van der Waals surface area contributed by atoms with Gasteiger partial charge < -0.3 is 30.7 Å². The fourth-order valence-electron chi connectivity index (χ4n) is 5.05. The summed E-state index contributed by atoms with van der Waals surface area (Å²) < 4.78 is 12.0. The van der Waals surface area contributed by atoms with Crippen LogP contribution >= 0.6 is 11.3 Å². The molecule has 172 valence electrons. The Balaban J connectivity index is 1.16. The first-order valence-corrected chi connectivity index (χ1v) is 12.2. The second kappa shape index (κ2) is 8.16. The van der Waals surface area contributed by atoms with Crippen molar-refractivity contribution >= 4 is 38.8 Å². The zero-order valence-electron chi connectivity index (χ0n) is 18.5. The number of nitrogens with one attached hydrogen (secondary N) is 2. The summed E-state index contributed by atoms with van der Waals surface area (Å²) in [5.41, 5.74) is 9.92. The maximum Gasteiger partial charge on any atom is 0.263 e. The second-order valence-corrected chi connectivity index (χ2v) is 9.96. The molecule has 5 heterocycles. The Hall–Kier alpha value is -2.88. The van der Waals surface area contributed by atoms with Crippen LogP contribution in [0.25, 0.3) is 10.2 Å². The topological polar surface area (TPSA) is 102 Å². The summed E-state index contributed by atoms with van der Waals surface area (Å²) in [6.07, 6.45) is 0.969. The first-order chi connectivity index (χ1) is 16.1. The highest BCUT2D eigenvalue weighted by atomic mass is 32.1. The lowest BCUT2D eigenvalue weighted by molar-refractivity contribution is 0.0349. The third-order valence-electron chi connectivity index (χ3n) is 6.76. The SMILES string of the molecule is Cc1ccc2c(N)c(C(=O)N[C@H]3COc4cc(N5CCO[C@@H]6CNC[C@@H]65)ccc4C3)sc2n1. The van der Waals surface area contributed by atoms with Gasteiger partial charge in [-0.3, -0.25) is 4.79 Å². The molecule has 33 heavy (non-hydrogen) atoms. The third kappa shape index (κ3) is 3.70. The number of rotatable bonds is 3. The van der Waals surface area contributed by atoms with E-state index in [4.69, 9.17) is 15.2 Å². The number of anilines is 2. The molecule has 2 saturated heterocycles. The molecule has 4 N–H and O–H groups in total. The smallest absolute Gasteiger partial charge is 0.263 e. The number of nitrogens with zero attached hydrogens (tertiary/aromatic N) is 2. The van der Waals surface area contributed by atoms with Crippen molar-refractivity contribution in [2.75, 3.05) is 43.5 Å². The molecule has 2 fully saturated rings. The number of pyridine rings is 1. The van der Waals surface area contributed by atoms with Gasteiger partial charge in [0, 0.05) is 42.5 Å². The Bertz CT molecular complexity index is 1230. The maximum absolute atomic E-state index is 13.0. The Morgan fingerprint density at radius 3 is 3.12 bits per heavy atom. The minimum Gasteiger partial charge on any atom is -0.491 e. The van der Waals surface area contributed by atoms with Crippen molar-refractivity contribution in [3.05, 3.63) is 46.5 Å². The highest BCUT2D eigenvalue weighted by Crippen LogP contribution is 2.34. The fourth-order valence-corrected chi connectivity index (χ4v) is 6.09. The third-order valence-corrected chi connectivity index (χ3v) is 7.87. The molecule has 0 spiro atoms. The van der Waals surface area contributed by atoms with Crippen LogP contribution in [0.4, 0.5) is 11.4 Å². The van der Waals surface area contributed by atoms with Gasteiger partial charge in [-0.1, -0.05) is 6.07 Å². The largest absolute Gasteiger partial charge is 0.491 e. The number of nitrogen functional groups attached to an aromatic ring is 1. The van der Waals surface area contributed by atoms with Gasteiger partial charge >= 0.3 is 0 Å². The van der Waals surface area contributed by atoms with Crippen molar-refractivity contribution in [2.24, 2.45) is 0 Å². The lowest BCUT2D eigenvalue weighted by Gasteiger charge is -2.39. The summed E-state index contributed by atoms with van der Waals surface area (Å²) in [6, 6.07) is 10.5. The highest BCUT2D eigenvalue weighted by Gasteiger charge is 2.36. The van der Waals surface area contributed by atoms with Gasteiger partial charge in [0.05, 0.1) is 30.5 Å². The van der Waals surface area contributed by atoms with E-state index in [9.17, 15) is 4.79 Å². The molecular weight excluding hydrogens is 438 g/mol. The highest BCUT2D eigenvalue weighted by molar-refractivity contribution is 7.21. The lowest BCUT2D eigenvalue weighted by Crippen LogP contribution is -2.51. The van der Waals surface area contributed by atoms with Crippen LogP contribution in [0, 0.1) is 6.92 Å². The molecule has 3 atom stereocenters. The van der Waals surface area contributed by atoms with E-state index in [0.717, 1.165) is 59.9 Å². The number of thiophene rings is 1. The summed E-state index contributed by atoms with van der Waals surface area (Å²) >= 11 is 1.34. The average molecular weight is 466 g/mol. The average Bonchev–Trinajstić information content (AvgIpc) is 3.43. The number of hydrogen-bond acceptors (Lipinski definition) is 8. The van der Waals surface area contributed by atoms with Crippen LogP contribution in [0.15, 0.2) is 30.3 Å². The lowest BCUT2D eigenvalue weighted by atomic mass is 10.0. The molecule has 9 heteroatoms. The standard InChI is InChI=1S/C24H27N5O3S/c1-13-2-5-17-21(25)22(33-24(17)27-13)23(30)28-15-8-14-3-4-16(9-19(14)32-12-15)29-6-7-31-20-11-26-10-18(20)29/h2-5,9,15,18,20,26H,6-8,10-12,25H2,1H3,(H,28,30)/t15-,18+,20-/m1/s1. The van der Waals surface area contributed by atoms with Crippen LogP contribution in [-0.2, 0) is 11.2 Å². The van der Waals surface area contributed by atoms with E-state index in [1.807, 2.05) is 19.1 Å². The predicted octanol–water partition coefficient (Wildman–Crippen LogP) is 2.10. The van der Waals surface area contributed by atoms with E-state index >= 15 is 0 Å². The monoisotopic (exact) mass is 465 g/mol. The van der Waals surface area contributed by atoms with E-state index in [0.29, 0.717) is 23.2 Å². The van der Waals surface area contributed by atoms with Gasteiger partial charge in [-0.25, -0.2) is 4.98 Å². The van der Waals surface area contributed by atoms with Gasteiger partial charge in [-0.05, 0) is 37.1 Å². The molecule has 0 aliphatic carbocycles. The number of benzene rings is 1. The Labute approximate surface area is 196 Å². The molecule has 3 aliphatic rings. The number of fused-ring (bicyclic) bond motifs is 3. The van der Waals surface area contributed by atoms with Gasteiger partial charge in [0.2, 0.25) is 0 Å². The van der Waals surface area contributed by atoms with Gasteiger partial charge in [0.15, 0.2) is 0 Å². The van der Waals surface area contributed by atoms with E-state index in [2.05, 4.69) is 38.7 Å². The van der Waals surface area contributed by atoms with Crippen molar-refractivity contribution < 1.29 is 14.3 Å². The Morgan fingerprint density at radius 1 is 1.30 bits per heavy atom. The van der Waals surface area contributed by atoms with E-state index < -0.39 is 0 Å². The zero-order valence-corrected chi connectivity index (χ0v) is 19.3. The molecular formula is C24H27N5O3S.